The maximum atomic E-state index is 13.7. The minimum Gasteiger partial charge on any atom is -0.507 e. The number of aromatic hydroxyl groups is 1. The lowest BCUT2D eigenvalue weighted by molar-refractivity contribution is 0.373. The number of sulfone groups is 1. The van der Waals surface area contributed by atoms with Crippen LogP contribution < -0.4 is 5.63 Å². The van der Waals surface area contributed by atoms with Gasteiger partial charge in [-0.15, -0.1) is 0 Å². The van der Waals surface area contributed by atoms with Gasteiger partial charge >= 0.3 is 5.63 Å². The lowest BCUT2D eigenvalue weighted by Gasteiger charge is -2.34. The van der Waals surface area contributed by atoms with Crippen LogP contribution in [-0.2, 0) is 9.84 Å². The van der Waals surface area contributed by atoms with Gasteiger partial charge in [0, 0.05) is 10.8 Å². The predicted octanol–water partition coefficient (Wildman–Crippen LogP) is 5.57. The standard InChI is InChI=1S/C29H25NO5S/c1-18-27(31)26-22(8-4-10-24(26)35-28(18)32)20-7-5-15-29(16-20,21-12-13-21)17-36(33,34)25-14-11-19-6-2-3-9-23(19)30-25/h2-11,14-15,21,31H,12-13,16-17H2,1H3. The molecule has 2 heterocycles. The molecule has 4 aromatic rings. The topological polar surface area (TPSA) is 97.5 Å². The van der Waals surface area contributed by atoms with Crippen molar-refractivity contribution in [3.05, 3.63) is 94.4 Å². The largest absolute Gasteiger partial charge is 0.507 e. The van der Waals surface area contributed by atoms with Crippen molar-refractivity contribution in [2.45, 2.75) is 31.2 Å². The summed E-state index contributed by atoms with van der Waals surface area (Å²) in [5.74, 6) is 0.0996. The van der Waals surface area contributed by atoms with Gasteiger partial charge in [0.2, 0.25) is 0 Å². The Morgan fingerprint density at radius 2 is 1.89 bits per heavy atom. The Hall–Kier alpha value is -3.71. The molecule has 1 atom stereocenters. The summed E-state index contributed by atoms with van der Waals surface area (Å²) in [5, 5.41) is 12.3. The Labute approximate surface area is 208 Å². The van der Waals surface area contributed by atoms with E-state index in [-0.39, 0.29) is 28.0 Å². The molecule has 7 heteroatoms. The van der Waals surface area contributed by atoms with Crippen molar-refractivity contribution < 1.29 is 17.9 Å². The highest BCUT2D eigenvalue weighted by Gasteiger charge is 2.48. The number of allylic oxidation sites excluding steroid dienone is 4. The van der Waals surface area contributed by atoms with E-state index in [1.807, 2.05) is 48.6 Å². The third-order valence-electron chi connectivity index (χ3n) is 7.46. The normalized spacial score (nSPS) is 20.1. The average molecular weight is 500 g/mol. The lowest BCUT2D eigenvalue weighted by Crippen LogP contribution is -2.32. The number of fused-ring (bicyclic) bond motifs is 2. The van der Waals surface area contributed by atoms with Crippen LogP contribution in [0.25, 0.3) is 27.4 Å². The third kappa shape index (κ3) is 3.75. The van der Waals surface area contributed by atoms with E-state index in [0.717, 1.165) is 29.4 Å². The molecule has 1 fully saturated rings. The zero-order chi connectivity index (χ0) is 25.1. The van der Waals surface area contributed by atoms with Crippen molar-refractivity contribution >= 4 is 37.3 Å². The van der Waals surface area contributed by atoms with Crippen molar-refractivity contribution in [2.24, 2.45) is 11.3 Å². The smallest absolute Gasteiger partial charge is 0.342 e. The van der Waals surface area contributed by atoms with E-state index in [0.29, 0.717) is 22.9 Å². The van der Waals surface area contributed by atoms with Gasteiger partial charge < -0.3 is 9.52 Å². The fourth-order valence-electron chi connectivity index (χ4n) is 5.41. The molecule has 2 aliphatic rings. The van der Waals surface area contributed by atoms with Crippen molar-refractivity contribution in [2.75, 3.05) is 5.75 Å². The van der Waals surface area contributed by atoms with E-state index in [4.69, 9.17) is 4.42 Å². The minimum absolute atomic E-state index is 0.0469. The van der Waals surface area contributed by atoms with Crippen LogP contribution >= 0.6 is 0 Å². The van der Waals surface area contributed by atoms with Crippen LogP contribution in [0, 0.1) is 18.3 Å². The summed E-state index contributed by atoms with van der Waals surface area (Å²) in [6, 6.07) is 16.2. The first-order valence-electron chi connectivity index (χ1n) is 12.0. The maximum absolute atomic E-state index is 13.7. The number of nitrogens with zero attached hydrogens (tertiary/aromatic N) is 1. The molecule has 1 saturated carbocycles. The van der Waals surface area contributed by atoms with E-state index in [2.05, 4.69) is 4.98 Å². The molecule has 0 spiro atoms. The van der Waals surface area contributed by atoms with Gasteiger partial charge in [-0.1, -0.05) is 48.6 Å². The molecule has 0 aliphatic heterocycles. The van der Waals surface area contributed by atoms with Crippen LogP contribution in [0.4, 0.5) is 0 Å². The van der Waals surface area contributed by atoms with Crippen LogP contribution in [-0.4, -0.2) is 24.3 Å². The highest BCUT2D eigenvalue weighted by molar-refractivity contribution is 7.91. The van der Waals surface area contributed by atoms with Crippen LogP contribution in [0.1, 0.15) is 30.4 Å². The van der Waals surface area contributed by atoms with Gasteiger partial charge in [-0.2, -0.15) is 0 Å². The zero-order valence-corrected chi connectivity index (χ0v) is 20.6. The molecule has 0 saturated heterocycles. The molecule has 6 rings (SSSR count). The van der Waals surface area contributed by atoms with E-state index in [9.17, 15) is 18.3 Å². The number of pyridine rings is 1. The molecule has 0 radical (unpaired) electrons. The first-order valence-corrected chi connectivity index (χ1v) is 13.7. The maximum Gasteiger partial charge on any atom is 0.342 e. The summed E-state index contributed by atoms with van der Waals surface area (Å²) in [6.45, 7) is 1.53. The molecule has 6 nitrogen and oxygen atoms in total. The van der Waals surface area contributed by atoms with Gasteiger partial charge in [0.15, 0.2) is 14.9 Å². The number of hydrogen-bond donors (Lipinski definition) is 1. The van der Waals surface area contributed by atoms with Crippen LogP contribution in [0.15, 0.2) is 87.1 Å². The van der Waals surface area contributed by atoms with Crippen LogP contribution in [0.2, 0.25) is 0 Å². The molecular weight excluding hydrogens is 474 g/mol. The average Bonchev–Trinajstić information content (AvgIpc) is 3.73. The molecule has 182 valence electrons. The zero-order valence-electron chi connectivity index (χ0n) is 19.8. The molecule has 2 aromatic carbocycles. The molecule has 0 amide bonds. The SMILES string of the molecule is Cc1c(O)c2c(C3=CC=CC(CS(=O)(=O)c4ccc5ccccc5n4)(C4CC4)C3)cccc2oc1=O. The number of para-hydroxylation sites is 1. The van der Waals surface area contributed by atoms with E-state index in [1.165, 1.54) is 6.92 Å². The molecule has 2 aliphatic carbocycles. The molecule has 2 aromatic heterocycles. The highest BCUT2D eigenvalue weighted by atomic mass is 32.2. The second kappa shape index (κ2) is 8.17. The van der Waals surface area contributed by atoms with E-state index in [1.54, 1.807) is 24.3 Å². The summed E-state index contributed by atoms with van der Waals surface area (Å²) in [7, 11) is -3.68. The molecule has 36 heavy (non-hydrogen) atoms. The first kappa shape index (κ1) is 22.7. The predicted molar refractivity (Wildman–Crippen MR) is 140 cm³/mol. The van der Waals surface area contributed by atoms with Gasteiger partial charge in [0.05, 0.1) is 22.2 Å². The van der Waals surface area contributed by atoms with Crippen LogP contribution in [0.5, 0.6) is 5.75 Å². The van der Waals surface area contributed by atoms with Gasteiger partial charge in [-0.05, 0) is 67.5 Å². The number of rotatable bonds is 5. The lowest BCUT2D eigenvalue weighted by atomic mass is 9.74. The van der Waals surface area contributed by atoms with Gasteiger partial charge in [0.1, 0.15) is 11.3 Å². The Balaban J connectivity index is 1.40. The van der Waals surface area contributed by atoms with Crippen molar-refractivity contribution in [3.63, 3.8) is 0 Å². The summed E-state index contributed by atoms with van der Waals surface area (Å²) in [4.78, 5) is 16.6. The van der Waals surface area contributed by atoms with Gasteiger partial charge in [0.25, 0.3) is 0 Å². The number of benzene rings is 2. The molecule has 1 unspecified atom stereocenters. The quantitative estimate of drug-likeness (QED) is 0.361. The highest BCUT2D eigenvalue weighted by Crippen LogP contribution is 2.54. The van der Waals surface area contributed by atoms with Crippen molar-refractivity contribution in [3.8, 4) is 5.75 Å². The summed E-state index contributed by atoms with van der Waals surface area (Å²) >= 11 is 0. The van der Waals surface area contributed by atoms with E-state index >= 15 is 0 Å². The summed E-state index contributed by atoms with van der Waals surface area (Å²) in [5.41, 5.74) is 1.60. The van der Waals surface area contributed by atoms with Crippen molar-refractivity contribution in [1.82, 2.24) is 4.98 Å². The minimum atomic E-state index is -3.68. The molecule has 0 bridgehead atoms. The fraction of sp³-hybridized carbons (Fsp3) is 0.241. The second-order valence-electron chi connectivity index (χ2n) is 9.88. The summed E-state index contributed by atoms with van der Waals surface area (Å²) < 4.78 is 32.8. The monoisotopic (exact) mass is 499 g/mol. The number of hydrogen-bond acceptors (Lipinski definition) is 6. The van der Waals surface area contributed by atoms with Gasteiger partial charge in [-0.25, -0.2) is 18.2 Å². The molecular formula is C29H25NO5S. The van der Waals surface area contributed by atoms with E-state index < -0.39 is 20.9 Å². The Morgan fingerprint density at radius 3 is 2.69 bits per heavy atom. The fourth-order valence-corrected chi connectivity index (χ4v) is 7.21. The Bertz CT molecular complexity index is 1760. The van der Waals surface area contributed by atoms with Gasteiger partial charge in [-0.3, -0.25) is 0 Å². The Morgan fingerprint density at radius 1 is 1.08 bits per heavy atom. The number of aromatic nitrogens is 1. The van der Waals surface area contributed by atoms with Crippen LogP contribution in [0.3, 0.4) is 0 Å². The summed E-state index contributed by atoms with van der Waals surface area (Å²) in [6.07, 6.45) is 8.33. The molecule has 1 N–H and O–H groups in total. The Kier molecular flexibility index (Phi) is 5.16. The second-order valence-corrected chi connectivity index (χ2v) is 11.8. The first-order chi connectivity index (χ1) is 17.3. The van der Waals surface area contributed by atoms with Crippen molar-refractivity contribution in [1.29, 1.82) is 0 Å². The third-order valence-corrected chi connectivity index (χ3v) is 9.24.